The number of hydrogen-bond donors (Lipinski definition) is 0. The number of esters is 1. The molecular formula is C27H34ClNO4. The van der Waals surface area contributed by atoms with Crippen molar-refractivity contribution < 1.29 is 19.0 Å². The zero-order valence-corrected chi connectivity index (χ0v) is 20.6. The molecule has 0 radical (unpaired) electrons. The highest BCUT2D eigenvalue weighted by molar-refractivity contribution is 6.31. The SMILES string of the molecule is CC(C)(C)OC(=O)CCN1CCC2(CC1)COc1cc(OCCc3ccccc3Cl)ccc12. The maximum absolute atomic E-state index is 12.0. The Hall–Kier alpha value is -2.24. The van der Waals surface area contributed by atoms with Crippen molar-refractivity contribution in [3.05, 3.63) is 58.6 Å². The molecule has 4 rings (SSSR count). The third-order valence-electron chi connectivity index (χ3n) is 6.49. The molecule has 6 heteroatoms. The molecule has 2 aliphatic heterocycles. The molecule has 1 fully saturated rings. The summed E-state index contributed by atoms with van der Waals surface area (Å²) in [4.78, 5) is 14.4. The predicted octanol–water partition coefficient (Wildman–Crippen LogP) is 5.42. The first-order valence-electron chi connectivity index (χ1n) is 11.8. The minimum atomic E-state index is -0.425. The quantitative estimate of drug-likeness (QED) is 0.504. The summed E-state index contributed by atoms with van der Waals surface area (Å²) in [6, 6.07) is 14.1. The number of ether oxygens (including phenoxy) is 3. The van der Waals surface area contributed by atoms with Gasteiger partial charge in [-0.3, -0.25) is 4.79 Å². The van der Waals surface area contributed by atoms with Crippen LogP contribution in [0.15, 0.2) is 42.5 Å². The molecule has 33 heavy (non-hydrogen) atoms. The summed E-state index contributed by atoms with van der Waals surface area (Å²) >= 11 is 6.23. The third-order valence-corrected chi connectivity index (χ3v) is 6.86. The molecule has 0 saturated carbocycles. The van der Waals surface area contributed by atoms with Gasteiger partial charge in [0.25, 0.3) is 0 Å². The van der Waals surface area contributed by atoms with E-state index in [9.17, 15) is 4.79 Å². The highest BCUT2D eigenvalue weighted by atomic mass is 35.5. The van der Waals surface area contributed by atoms with Crippen molar-refractivity contribution in [2.45, 2.75) is 57.5 Å². The van der Waals surface area contributed by atoms with Crippen molar-refractivity contribution in [3.8, 4) is 11.5 Å². The Balaban J connectivity index is 1.28. The topological polar surface area (TPSA) is 48.0 Å². The van der Waals surface area contributed by atoms with Crippen LogP contribution < -0.4 is 9.47 Å². The van der Waals surface area contributed by atoms with Crippen LogP contribution in [0.5, 0.6) is 11.5 Å². The highest BCUT2D eigenvalue weighted by Gasteiger charge is 2.43. The van der Waals surface area contributed by atoms with Crippen LogP contribution in [0, 0.1) is 0 Å². The molecule has 1 saturated heterocycles. The maximum Gasteiger partial charge on any atom is 0.307 e. The van der Waals surface area contributed by atoms with Crippen molar-refractivity contribution in [3.63, 3.8) is 0 Å². The number of hydrogen-bond acceptors (Lipinski definition) is 5. The van der Waals surface area contributed by atoms with Gasteiger partial charge >= 0.3 is 5.97 Å². The lowest BCUT2D eigenvalue weighted by Crippen LogP contribution is -2.44. The molecule has 2 aliphatic rings. The minimum Gasteiger partial charge on any atom is -0.493 e. The number of piperidine rings is 1. The Morgan fingerprint density at radius 2 is 1.91 bits per heavy atom. The molecule has 0 aliphatic carbocycles. The third kappa shape index (κ3) is 6.01. The smallest absolute Gasteiger partial charge is 0.307 e. The Morgan fingerprint density at radius 3 is 2.64 bits per heavy atom. The number of nitrogens with zero attached hydrogens (tertiary/aromatic N) is 1. The number of rotatable bonds is 7. The van der Waals surface area contributed by atoms with Gasteiger partial charge in [0.05, 0.1) is 19.6 Å². The van der Waals surface area contributed by atoms with Crippen LogP contribution in [0.4, 0.5) is 0 Å². The van der Waals surface area contributed by atoms with Gasteiger partial charge in [0, 0.05) is 35.0 Å². The molecule has 0 N–H and O–H groups in total. The van der Waals surface area contributed by atoms with E-state index in [1.807, 2.05) is 51.1 Å². The van der Waals surface area contributed by atoms with Gasteiger partial charge in [-0.05, 0) is 64.4 Å². The van der Waals surface area contributed by atoms with E-state index in [1.54, 1.807) is 0 Å². The van der Waals surface area contributed by atoms with Gasteiger partial charge in [0.15, 0.2) is 0 Å². The van der Waals surface area contributed by atoms with Crippen LogP contribution in [0.25, 0.3) is 0 Å². The van der Waals surface area contributed by atoms with Crippen LogP contribution in [0.1, 0.15) is 51.2 Å². The fourth-order valence-electron chi connectivity index (χ4n) is 4.68. The van der Waals surface area contributed by atoms with E-state index in [1.165, 1.54) is 5.56 Å². The Kier molecular flexibility index (Phi) is 7.20. The molecule has 1 spiro atoms. The summed E-state index contributed by atoms with van der Waals surface area (Å²) in [6.45, 7) is 9.67. The number of benzene rings is 2. The normalized spacial score (nSPS) is 17.5. The first-order valence-corrected chi connectivity index (χ1v) is 12.2. The van der Waals surface area contributed by atoms with Crippen molar-refractivity contribution in [1.82, 2.24) is 4.90 Å². The Bertz CT molecular complexity index is 976. The molecular weight excluding hydrogens is 438 g/mol. The lowest BCUT2D eigenvalue weighted by atomic mass is 9.74. The van der Waals surface area contributed by atoms with Gasteiger partial charge in [0.1, 0.15) is 17.1 Å². The molecule has 2 aromatic carbocycles. The molecule has 0 aromatic heterocycles. The molecule has 178 valence electrons. The van der Waals surface area contributed by atoms with E-state index in [4.69, 9.17) is 25.8 Å². The summed E-state index contributed by atoms with van der Waals surface area (Å²) in [6.07, 6.45) is 3.26. The van der Waals surface area contributed by atoms with Gasteiger partial charge in [-0.1, -0.05) is 35.9 Å². The molecule has 5 nitrogen and oxygen atoms in total. The lowest BCUT2D eigenvalue weighted by molar-refractivity contribution is -0.155. The zero-order chi connectivity index (χ0) is 23.5. The van der Waals surface area contributed by atoms with Crippen molar-refractivity contribution in [1.29, 1.82) is 0 Å². The largest absolute Gasteiger partial charge is 0.493 e. The second-order valence-electron chi connectivity index (χ2n) is 10.1. The number of carbonyl (C=O) groups excluding carboxylic acids is 1. The lowest BCUT2D eigenvalue weighted by Gasteiger charge is -2.38. The fraction of sp³-hybridized carbons (Fsp3) is 0.519. The number of halogens is 1. The Morgan fingerprint density at radius 1 is 1.15 bits per heavy atom. The van der Waals surface area contributed by atoms with Gasteiger partial charge in [0.2, 0.25) is 0 Å². The molecule has 0 atom stereocenters. The summed E-state index contributed by atoms with van der Waals surface area (Å²) in [5, 5.41) is 0.776. The number of likely N-dealkylation sites (tertiary alicyclic amines) is 1. The second-order valence-corrected chi connectivity index (χ2v) is 10.5. The molecule has 0 bridgehead atoms. The standard InChI is InChI=1S/C27H34ClNO4/c1-26(2,3)33-25(30)10-14-29-15-12-27(13-16-29)19-32-24-18-21(8-9-22(24)27)31-17-11-20-6-4-5-7-23(20)28/h4-9,18H,10-17,19H2,1-3H3. The second kappa shape index (κ2) is 9.94. The zero-order valence-electron chi connectivity index (χ0n) is 19.9. The van der Waals surface area contributed by atoms with Crippen LogP contribution in [0.3, 0.4) is 0 Å². The molecule has 2 aromatic rings. The van der Waals surface area contributed by atoms with Crippen LogP contribution in [-0.4, -0.2) is 49.3 Å². The average molecular weight is 472 g/mol. The average Bonchev–Trinajstić information content (AvgIpc) is 3.11. The van der Waals surface area contributed by atoms with Gasteiger partial charge in [-0.2, -0.15) is 0 Å². The summed E-state index contributed by atoms with van der Waals surface area (Å²) in [7, 11) is 0. The number of fused-ring (bicyclic) bond motifs is 2. The van der Waals surface area contributed by atoms with E-state index in [0.29, 0.717) is 19.6 Å². The van der Waals surface area contributed by atoms with E-state index < -0.39 is 5.60 Å². The summed E-state index contributed by atoms with van der Waals surface area (Å²) in [5.74, 6) is 1.64. The van der Waals surface area contributed by atoms with E-state index >= 15 is 0 Å². The van der Waals surface area contributed by atoms with Crippen molar-refractivity contribution >= 4 is 17.6 Å². The molecule has 2 heterocycles. The highest BCUT2D eigenvalue weighted by Crippen LogP contribution is 2.46. The van der Waals surface area contributed by atoms with Crippen LogP contribution in [0.2, 0.25) is 5.02 Å². The summed E-state index contributed by atoms with van der Waals surface area (Å²) < 4.78 is 17.5. The molecule has 0 unspecified atom stereocenters. The Labute approximate surface area is 202 Å². The number of carbonyl (C=O) groups is 1. The van der Waals surface area contributed by atoms with Crippen molar-refractivity contribution in [2.24, 2.45) is 0 Å². The van der Waals surface area contributed by atoms with E-state index in [2.05, 4.69) is 17.0 Å². The van der Waals surface area contributed by atoms with E-state index in [0.717, 1.165) is 61.0 Å². The van der Waals surface area contributed by atoms with Crippen molar-refractivity contribution in [2.75, 3.05) is 32.8 Å². The fourth-order valence-corrected chi connectivity index (χ4v) is 4.91. The van der Waals surface area contributed by atoms with Crippen LogP contribution >= 0.6 is 11.6 Å². The first-order chi connectivity index (χ1) is 15.7. The van der Waals surface area contributed by atoms with Gasteiger partial charge < -0.3 is 19.1 Å². The van der Waals surface area contributed by atoms with Gasteiger partial charge in [-0.15, -0.1) is 0 Å². The maximum atomic E-state index is 12.0. The van der Waals surface area contributed by atoms with Crippen LogP contribution in [-0.2, 0) is 21.4 Å². The minimum absolute atomic E-state index is 0.0633. The van der Waals surface area contributed by atoms with Gasteiger partial charge in [-0.25, -0.2) is 0 Å². The first kappa shape index (κ1) is 23.9. The summed E-state index contributed by atoms with van der Waals surface area (Å²) in [5.41, 5.74) is 2.01. The monoisotopic (exact) mass is 471 g/mol. The molecule has 0 amide bonds. The van der Waals surface area contributed by atoms with E-state index in [-0.39, 0.29) is 11.4 Å². The predicted molar refractivity (Wildman–Crippen MR) is 130 cm³/mol.